The summed E-state index contributed by atoms with van der Waals surface area (Å²) in [4.78, 5) is 6.87. The topological polar surface area (TPSA) is 63.4 Å². The van der Waals surface area contributed by atoms with E-state index in [1.807, 2.05) is 42.5 Å². The zero-order valence-corrected chi connectivity index (χ0v) is 18.8. The molecule has 1 atom stereocenters. The molecule has 2 heterocycles. The summed E-state index contributed by atoms with van der Waals surface area (Å²) in [5, 5.41) is 8.46. The summed E-state index contributed by atoms with van der Waals surface area (Å²) in [5.41, 5.74) is 3.95. The van der Waals surface area contributed by atoms with Crippen LogP contribution in [-0.2, 0) is 0 Å². The van der Waals surface area contributed by atoms with E-state index in [9.17, 15) is 0 Å². The fourth-order valence-electron chi connectivity index (χ4n) is 3.73. The predicted octanol–water partition coefficient (Wildman–Crippen LogP) is 5.21. The van der Waals surface area contributed by atoms with Gasteiger partial charge in [-0.1, -0.05) is 48.8 Å². The number of thiocarbonyl (C=S) groups is 1. The quantitative estimate of drug-likeness (QED) is 0.512. The molecule has 0 aliphatic carbocycles. The van der Waals surface area contributed by atoms with Crippen LogP contribution in [-0.4, -0.2) is 33.8 Å². The maximum atomic E-state index is 5.77. The van der Waals surface area contributed by atoms with Crippen LogP contribution in [0, 0.1) is 0 Å². The Hall–Kier alpha value is -3.19. The first-order valence-electron chi connectivity index (χ1n) is 10.4. The summed E-state index contributed by atoms with van der Waals surface area (Å²) in [6, 6.07) is 17.7. The van der Waals surface area contributed by atoms with Crippen LogP contribution >= 0.6 is 12.2 Å². The molecule has 160 valence electrons. The molecule has 1 aliphatic heterocycles. The number of benzene rings is 2. The molecule has 31 heavy (non-hydrogen) atoms. The Bertz CT molecular complexity index is 1080. The lowest BCUT2D eigenvalue weighted by Crippen LogP contribution is -2.46. The summed E-state index contributed by atoms with van der Waals surface area (Å²) in [5.74, 6) is 1.82. The summed E-state index contributed by atoms with van der Waals surface area (Å²) >= 11 is 5.71. The van der Waals surface area contributed by atoms with Crippen molar-refractivity contribution in [2.75, 3.05) is 13.7 Å². The Kier molecular flexibility index (Phi) is 6.32. The number of rotatable bonds is 7. The molecule has 0 amide bonds. The van der Waals surface area contributed by atoms with E-state index in [2.05, 4.69) is 41.4 Å². The van der Waals surface area contributed by atoms with Gasteiger partial charge in [0.05, 0.1) is 18.7 Å². The highest BCUT2D eigenvalue weighted by molar-refractivity contribution is 7.80. The molecular formula is C24H26N4O2S. The summed E-state index contributed by atoms with van der Waals surface area (Å²) < 4.78 is 11.0. The molecule has 4 rings (SSSR count). The SMILES string of the molecule is CCCCN1C(=S)NC(c2ccccc2)C(c2nc(-c3ccc(OC)cc3)no2)=C1C. The molecule has 3 aromatic rings. The lowest BCUT2D eigenvalue weighted by molar-refractivity contribution is 0.395. The molecule has 1 aliphatic rings. The largest absolute Gasteiger partial charge is 0.497 e. The first-order valence-corrected chi connectivity index (χ1v) is 10.9. The van der Waals surface area contributed by atoms with Crippen LogP contribution in [0.2, 0.25) is 0 Å². The van der Waals surface area contributed by atoms with Crippen LogP contribution in [0.4, 0.5) is 0 Å². The van der Waals surface area contributed by atoms with Crippen LogP contribution in [0.25, 0.3) is 17.0 Å². The molecule has 0 fully saturated rings. The van der Waals surface area contributed by atoms with E-state index < -0.39 is 0 Å². The van der Waals surface area contributed by atoms with Crippen LogP contribution in [0.3, 0.4) is 0 Å². The van der Waals surface area contributed by atoms with Crippen molar-refractivity contribution in [1.82, 2.24) is 20.4 Å². The first-order chi connectivity index (χ1) is 15.1. The van der Waals surface area contributed by atoms with Gasteiger partial charge in [-0.3, -0.25) is 0 Å². The van der Waals surface area contributed by atoms with Crippen molar-refractivity contribution in [3.05, 3.63) is 71.7 Å². The summed E-state index contributed by atoms with van der Waals surface area (Å²) in [6.45, 7) is 5.09. The average molecular weight is 435 g/mol. The second-order valence-electron chi connectivity index (χ2n) is 7.45. The van der Waals surface area contributed by atoms with Gasteiger partial charge in [-0.25, -0.2) is 0 Å². The molecule has 0 saturated heterocycles. The highest BCUT2D eigenvalue weighted by Gasteiger charge is 2.33. The Morgan fingerprint density at radius 1 is 1.13 bits per heavy atom. The fraction of sp³-hybridized carbons (Fsp3) is 0.292. The van der Waals surface area contributed by atoms with Gasteiger partial charge >= 0.3 is 0 Å². The molecule has 0 spiro atoms. The van der Waals surface area contributed by atoms with E-state index in [1.54, 1.807) is 7.11 Å². The highest BCUT2D eigenvalue weighted by atomic mass is 32.1. The van der Waals surface area contributed by atoms with Gasteiger partial charge in [0.1, 0.15) is 5.75 Å². The van der Waals surface area contributed by atoms with Crippen molar-refractivity contribution in [2.45, 2.75) is 32.7 Å². The van der Waals surface area contributed by atoms with Gasteiger partial charge in [0.2, 0.25) is 5.82 Å². The van der Waals surface area contributed by atoms with Crippen LogP contribution < -0.4 is 10.1 Å². The van der Waals surface area contributed by atoms with Crippen LogP contribution in [0.15, 0.2) is 64.8 Å². The Morgan fingerprint density at radius 2 is 1.87 bits per heavy atom. The number of hydrogen-bond acceptors (Lipinski definition) is 5. The minimum Gasteiger partial charge on any atom is -0.497 e. The zero-order chi connectivity index (χ0) is 21.8. The van der Waals surface area contributed by atoms with Crippen molar-refractivity contribution < 1.29 is 9.26 Å². The minimum atomic E-state index is -0.157. The van der Waals surface area contributed by atoms with E-state index in [-0.39, 0.29) is 6.04 Å². The van der Waals surface area contributed by atoms with Crippen molar-refractivity contribution in [3.8, 4) is 17.1 Å². The Balaban J connectivity index is 1.76. The van der Waals surface area contributed by atoms with Crippen molar-refractivity contribution in [1.29, 1.82) is 0 Å². The molecule has 1 unspecified atom stereocenters. The lowest BCUT2D eigenvalue weighted by Gasteiger charge is -2.37. The predicted molar refractivity (Wildman–Crippen MR) is 125 cm³/mol. The number of ether oxygens (including phenoxy) is 1. The third-order valence-corrected chi connectivity index (χ3v) is 5.81. The molecule has 6 nitrogen and oxygen atoms in total. The molecule has 1 N–H and O–H groups in total. The standard InChI is InChI=1S/C24H26N4O2S/c1-4-5-15-28-16(2)20(21(25-24(28)31)17-9-7-6-8-10-17)23-26-22(27-30-23)18-11-13-19(29-3)14-12-18/h6-14,21H,4-5,15H2,1-3H3,(H,25,31). The molecule has 7 heteroatoms. The number of unbranched alkanes of at least 4 members (excludes halogenated alkanes) is 1. The Labute approximate surface area is 187 Å². The monoisotopic (exact) mass is 434 g/mol. The molecular weight excluding hydrogens is 408 g/mol. The van der Waals surface area contributed by atoms with Gasteiger partial charge in [0.15, 0.2) is 5.11 Å². The van der Waals surface area contributed by atoms with Gasteiger partial charge in [-0.15, -0.1) is 0 Å². The van der Waals surface area contributed by atoms with Gasteiger partial charge in [0.25, 0.3) is 5.89 Å². The van der Waals surface area contributed by atoms with Crippen molar-refractivity contribution in [3.63, 3.8) is 0 Å². The van der Waals surface area contributed by atoms with Gasteiger partial charge in [0, 0.05) is 17.8 Å². The summed E-state index contributed by atoms with van der Waals surface area (Å²) in [7, 11) is 1.64. The lowest BCUT2D eigenvalue weighted by atomic mass is 9.95. The Morgan fingerprint density at radius 3 is 2.55 bits per heavy atom. The molecule has 2 aromatic carbocycles. The van der Waals surface area contributed by atoms with Crippen LogP contribution in [0.1, 0.15) is 44.2 Å². The smallest absolute Gasteiger partial charge is 0.258 e. The minimum absolute atomic E-state index is 0.157. The second kappa shape index (κ2) is 9.31. The van der Waals surface area contributed by atoms with E-state index in [1.165, 1.54) is 0 Å². The zero-order valence-electron chi connectivity index (χ0n) is 18.0. The average Bonchev–Trinajstić information content (AvgIpc) is 3.29. The molecule has 0 radical (unpaired) electrons. The third kappa shape index (κ3) is 4.32. The number of hydrogen-bond donors (Lipinski definition) is 1. The van der Waals surface area contributed by atoms with Crippen molar-refractivity contribution >= 4 is 22.9 Å². The van der Waals surface area contributed by atoms with E-state index in [0.717, 1.165) is 52.6 Å². The highest BCUT2D eigenvalue weighted by Crippen LogP contribution is 2.37. The van der Waals surface area contributed by atoms with Gasteiger partial charge in [-0.05, 0) is 55.4 Å². The first kappa shape index (κ1) is 21.1. The maximum absolute atomic E-state index is 5.77. The normalized spacial score (nSPS) is 16.4. The summed E-state index contributed by atoms with van der Waals surface area (Å²) in [6.07, 6.45) is 2.13. The number of allylic oxidation sites excluding steroid dienone is 1. The maximum Gasteiger partial charge on any atom is 0.258 e. The number of aromatic nitrogens is 2. The number of nitrogens with zero attached hydrogens (tertiary/aromatic N) is 3. The fourth-order valence-corrected chi connectivity index (χ4v) is 4.08. The van der Waals surface area contributed by atoms with Gasteiger partial charge in [-0.2, -0.15) is 4.98 Å². The van der Waals surface area contributed by atoms with E-state index in [0.29, 0.717) is 11.7 Å². The van der Waals surface area contributed by atoms with Crippen molar-refractivity contribution in [2.24, 2.45) is 0 Å². The number of nitrogens with one attached hydrogen (secondary N) is 1. The van der Waals surface area contributed by atoms with Crippen LogP contribution in [0.5, 0.6) is 5.75 Å². The molecule has 0 saturated carbocycles. The third-order valence-electron chi connectivity index (χ3n) is 5.47. The molecule has 0 bridgehead atoms. The second-order valence-corrected chi connectivity index (χ2v) is 7.84. The van der Waals surface area contributed by atoms with E-state index in [4.69, 9.17) is 26.5 Å². The number of methoxy groups -OCH3 is 1. The van der Waals surface area contributed by atoms with Gasteiger partial charge < -0.3 is 19.5 Å². The molecule has 1 aromatic heterocycles. The van der Waals surface area contributed by atoms with E-state index >= 15 is 0 Å².